The van der Waals surface area contributed by atoms with Crippen LogP contribution in [0.2, 0.25) is 0 Å². The minimum atomic E-state index is -4.48. The number of H-pyrrole nitrogens is 1. The molecule has 5 nitrogen and oxygen atoms in total. The summed E-state index contributed by atoms with van der Waals surface area (Å²) >= 11 is 0. The lowest BCUT2D eigenvalue weighted by Crippen LogP contribution is -2.58. The molecule has 0 atom stereocenters. The molecule has 3 rings (SSSR count). The fourth-order valence-corrected chi connectivity index (χ4v) is 3.01. The number of rotatable bonds is 2. The van der Waals surface area contributed by atoms with E-state index in [2.05, 4.69) is 11.6 Å². The Kier molecular flexibility index (Phi) is 3.50. The van der Waals surface area contributed by atoms with Gasteiger partial charge in [0.2, 0.25) is 5.91 Å². The SMILES string of the molecule is C=CC(=O)N1CCN(C(=O)c2cc(C(F)(F)F)c[nH]2)C2(CC2)C1. The second kappa shape index (κ2) is 5.14. The number of hydrogen-bond donors (Lipinski definition) is 1. The minimum absolute atomic E-state index is 0.0768. The van der Waals surface area contributed by atoms with E-state index in [-0.39, 0.29) is 11.6 Å². The van der Waals surface area contributed by atoms with Gasteiger partial charge in [-0.1, -0.05) is 6.58 Å². The Morgan fingerprint density at radius 2 is 2.00 bits per heavy atom. The zero-order valence-electron chi connectivity index (χ0n) is 12.3. The zero-order valence-corrected chi connectivity index (χ0v) is 12.3. The van der Waals surface area contributed by atoms with E-state index < -0.39 is 23.2 Å². The fourth-order valence-electron chi connectivity index (χ4n) is 3.01. The first-order chi connectivity index (χ1) is 10.8. The molecule has 0 unspecified atom stereocenters. The second-order valence-corrected chi connectivity index (χ2v) is 5.94. The second-order valence-electron chi connectivity index (χ2n) is 5.94. The van der Waals surface area contributed by atoms with Crippen molar-refractivity contribution >= 4 is 11.8 Å². The number of carbonyl (C=O) groups excluding carboxylic acids is 2. The van der Waals surface area contributed by atoms with Crippen molar-refractivity contribution in [2.24, 2.45) is 0 Å². The summed E-state index contributed by atoms with van der Waals surface area (Å²) in [5.41, 5.74) is -1.39. The van der Waals surface area contributed by atoms with Crippen LogP contribution in [-0.4, -0.2) is 51.8 Å². The third-order valence-corrected chi connectivity index (χ3v) is 4.45. The Hall–Kier alpha value is -2.25. The summed E-state index contributed by atoms with van der Waals surface area (Å²) in [7, 11) is 0. The van der Waals surface area contributed by atoms with Crippen LogP contribution in [0.5, 0.6) is 0 Å². The van der Waals surface area contributed by atoms with Gasteiger partial charge in [-0.15, -0.1) is 0 Å². The lowest BCUT2D eigenvalue weighted by Gasteiger charge is -2.41. The smallest absolute Gasteiger partial charge is 0.357 e. The van der Waals surface area contributed by atoms with Gasteiger partial charge in [-0.2, -0.15) is 13.2 Å². The summed E-state index contributed by atoms with van der Waals surface area (Å²) in [6, 6.07) is 0.833. The van der Waals surface area contributed by atoms with Crippen molar-refractivity contribution < 1.29 is 22.8 Å². The van der Waals surface area contributed by atoms with E-state index in [0.29, 0.717) is 19.6 Å². The molecule has 1 saturated heterocycles. The molecular weight excluding hydrogens is 311 g/mol. The quantitative estimate of drug-likeness (QED) is 0.845. The van der Waals surface area contributed by atoms with Crippen molar-refractivity contribution in [2.75, 3.05) is 19.6 Å². The van der Waals surface area contributed by atoms with Gasteiger partial charge in [0.15, 0.2) is 0 Å². The maximum atomic E-state index is 12.7. The zero-order chi connectivity index (χ0) is 16.8. The van der Waals surface area contributed by atoms with E-state index in [0.717, 1.165) is 25.1 Å². The number of aromatic amines is 1. The molecule has 23 heavy (non-hydrogen) atoms. The van der Waals surface area contributed by atoms with Crippen LogP contribution in [0.1, 0.15) is 28.9 Å². The average Bonchev–Trinajstić information content (AvgIpc) is 3.06. The monoisotopic (exact) mass is 327 g/mol. The lowest BCUT2D eigenvalue weighted by atomic mass is 10.1. The molecule has 0 radical (unpaired) electrons. The summed E-state index contributed by atoms with van der Waals surface area (Å²) in [5.74, 6) is -0.647. The van der Waals surface area contributed by atoms with Crippen molar-refractivity contribution in [3.8, 4) is 0 Å². The lowest BCUT2D eigenvalue weighted by molar-refractivity contribution is -0.137. The fraction of sp³-hybridized carbons (Fsp3) is 0.467. The Morgan fingerprint density at radius 3 is 2.52 bits per heavy atom. The molecule has 1 spiro atoms. The summed E-state index contributed by atoms with van der Waals surface area (Å²) in [6.45, 7) is 4.50. The van der Waals surface area contributed by atoms with E-state index in [1.165, 1.54) is 6.08 Å². The van der Waals surface area contributed by atoms with Crippen LogP contribution in [0.25, 0.3) is 0 Å². The molecule has 8 heteroatoms. The average molecular weight is 327 g/mol. The topological polar surface area (TPSA) is 56.4 Å². The number of carbonyl (C=O) groups is 2. The maximum Gasteiger partial charge on any atom is 0.417 e. The molecular formula is C15H16F3N3O2. The van der Waals surface area contributed by atoms with Crippen molar-refractivity contribution in [3.63, 3.8) is 0 Å². The van der Waals surface area contributed by atoms with Crippen LogP contribution in [0.3, 0.4) is 0 Å². The first-order valence-corrected chi connectivity index (χ1v) is 7.26. The van der Waals surface area contributed by atoms with E-state index in [1.807, 2.05) is 0 Å². The number of piperazine rings is 1. The van der Waals surface area contributed by atoms with E-state index in [1.54, 1.807) is 9.80 Å². The molecule has 2 heterocycles. The molecule has 2 aliphatic rings. The Bertz CT molecular complexity index is 661. The molecule has 1 aliphatic heterocycles. The Labute approximate surface area is 130 Å². The Morgan fingerprint density at radius 1 is 1.30 bits per heavy atom. The third-order valence-electron chi connectivity index (χ3n) is 4.45. The van der Waals surface area contributed by atoms with Crippen LogP contribution in [0.15, 0.2) is 24.9 Å². The predicted molar refractivity (Wildman–Crippen MR) is 75.6 cm³/mol. The van der Waals surface area contributed by atoms with Gasteiger partial charge in [-0.3, -0.25) is 9.59 Å². The van der Waals surface area contributed by atoms with Gasteiger partial charge >= 0.3 is 6.18 Å². The number of nitrogens with zero attached hydrogens (tertiary/aromatic N) is 2. The first-order valence-electron chi connectivity index (χ1n) is 7.26. The normalized spacial score (nSPS) is 19.8. The molecule has 1 N–H and O–H groups in total. The van der Waals surface area contributed by atoms with E-state index in [4.69, 9.17) is 0 Å². The van der Waals surface area contributed by atoms with Crippen molar-refractivity contribution in [3.05, 3.63) is 36.2 Å². The molecule has 2 amide bonds. The molecule has 1 aliphatic carbocycles. The number of aromatic nitrogens is 1. The van der Waals surface area contributed by atoms with Crippen molar-refractivity contribution in [1.82, 2.24) is 14.8 Å². The summed E-state index contributed by atoms with van der Waals surface area (Å²) in [5, 5.41) is 0. The van der Waals surface area contributed by atoms with Crippen molar-refractivity contribution in [2.45, 2.75) is 24.6 Å². The highest BCUT2D eigenvalue weighted by molar-refractivity contribution is 5.94. The minimum Gasteiger partial charge on any atom is -0.357 e. The molecule has 0 aromatic carbocycles. The maximum absolute atomic E-state index is 12.7. The van der Waals surface area contributed by atoms with Crippen LogP contribution >= 0.6 is 0 Å². The molecule has 1 saturated carbocycles. The summed E-state index contributed by atoms with van der Waals surface area (Å²) < 4.78 is 38.0. The Balaban J connectivity index is 1.77. The van der Waals surface area contributed by atoms with Gasteiger partial charge in [0, 0.05) is 25.8 Å². The molecule has 1 aromatic heterocycles. The van der Waals surface area contributed by atoms with Crippen LogP contribution in [0.4, 0.5) is 13.2 Å². The number of alkyl halides is 3. The standard InChI is InChI=1S/C15H16F3N3O2/c1-2-12(22)20-5-6-21(14(9-20)3-4-14)13(23)11-7-10(8-19-11)15(16,17)18/h2,7-8,19H,1,3-6,9H2. The molecule has 124 valence electrons. The number of hydrogen-bond acceptors (Lipinski definition) is 2. The van der Waals surface area contributed by atoms with Crippen LogP contribution in [-0.2, 0) is 11.0 Å². The molecule has 0 bridgehead atoms. The summed E-state index contributed by atoms with van der Waals surface area (Å²) in [4.78, 5) is 29.9. The van der Waals surface area contributed by atoms with E-state index >= 15 is 0 Å². The number of halogens is 3. The number of amides is 2. The predicted octanol–water partition coefficient (Wildman–Crippen LogP) is 2.04. The molecule has 1 aromatic rings. The highest BCUT2D eigenvalue weighted by Gasteiger charge is 2.54. The van der Waals surface area contributed by atoms with Gasteiger partial charge in [0.1, 0.15) is 5.69 Å². The largest absolute Gasteiger partial charge is 0.417 e. The first kappa shape index (κ1) is 15.6. The van der Waals surface area contributed by atoms with Gasteiger partial charge in [0.25, 0.3) is 5.91 Å². The van der Waals surface area contributed by atoms with Gasteiger partial charge in [0.05, 0.1) is 11.1 Å². The van der Waals surface area contributed by atoms with Gasteiger partial charge in [-0.25, -0.2) is 0 Å². The van der Waals surface area contributed by atoms with Gasteiger partial charge < -0.3 is 14.8 Å². The number of nitrogens with one attached hydrogen (secondary N) is 1. The van der Waals surface area contributed by atoms with Gasteiger partial charge in [-0.05, 0) is 25.0 Å². The summed E-state index contributed by atoms with van der Waals surface area (Å²) in [6.07, 6.45) is -0.973. The van der Waals surface area contributed by atoms with Crippen LogP contribution in [0, 0.1) is 0 Å². The van der Waals surface area contributed by atoms with Crippen molar-refractivity contribution in [1.29, 1.82) is 0 Å². The highest BCUT2D eigenvalue weighted by atomic mass is 19.4. The van der Waals surface area contributed by atoms with Crippen LogP contribution < -0.4 is 0 Å². The third kappa shape index (κ3) is 2.73. The molecule has 2 fully saturated rings. The highest BCUT2D eigenvalue weighted by Crippen LogP contribution is 2.45. The van der Waals surface area contributed by atoms with E-state index in [9.17, 15) is 22.8 Å².